The Morgan fingerprint density at radius 2 is 1.72 bits per heavy atom. The van der Waals surface area contributed by atoms with E-state index in [2.05, 4.69) is 34.6 Å². The summed E-state index contributed by atoms with van der Waals surface area (Å²) in [7, 11) is 0. The average Bonchev–Trinajstić information content (AvgIpc) is 3.30. The maximum Gasteiger partial charge on any atom is 0.220 e. The minimum Gasteiger partial charge on any atom is -0.350 e. The molecule has 1 N–H and O–H groups in total. The molecular formula is C28H28Cl2N4OS. The fourth-order valence-corrected chi connectivity index (χ4v) is 5.04. The van der Waals surface area contributed by atoms with Gasteiger partial charge in [-0.3, -0.25) is 9.36 Å². The van der Waals surface area contributed by atoms with E-state index in [4.69, 9.17) is 23.2 Å². The lowest BCUT2D eigenvalue weighted by molar-refractivity contribution is -0.121. The molecule has 1 aromatic heterocycles. The molecule has 0 radical (unpaired) electrons. The van der Waals surface area contributed by atoms with Crippen LogP contribution in [0, 0.1) is 6.92 Å². The van der Waals surface area contributed by atoms with Crippen LogP contribution < -0.4 is 5.32 Å². The van der Waals surface area contributed by atoms with E-state index in [0.717, 1.165) is 46.4 Å². The quantitative estimate of drug-likeness (QED) is 0.166. The summed E-state index contributed by atoms with van der Waals surface area (Å²) in [6.07, 6.45) is 2.17. The van der Waals surface area contributed by atoms with Crippen LogP contribution in [-0.4, -0.2) is 26.4 Å². The van der Waals surface area contributed by atoms with Gasteiger partial charge in [-0.05, 0) is 50.5 Å². The molecule has 0 spiro atoms. The predicted octanol–water partition coefficient (Wildman–Crippen LogP) is 7.69. The largest absolute Gasteiger partial charge is 0.350 e. The van der Waals surface area contributed by atoms with Crippen molar-refractivity contribution in [2.24, 2.45) is 0 Å². The van der Waals surface area contributed by atoms with Gasteiger partial charge in [0.1, 0.15) is 0 Å². The number of amides is 1. The fourth-order valence-electron chi connectivity index (χ4n) is 3.80. The number of rotatable bonds is 10. The van der Waals surface area contributed by atoms with E-state index < -0.39 is 0 Å². The van der Waals surface area contributed by atoms with Crippen molar-refractivity contribution < 1.29 is 4.79 Å². The molecule has 3 aromatic carbocycles. The molecule has 0 saturated heterocycles. The average molecular weight is 540 g/mol. The molecule has 4 rings (SSSR count). The van der Waals surface area contributed by atoms with E-state index >= 15 is 0 Å². The minimum absolute atomic E-state index is 0.00183. The maximum absolute atomic E-state index is 12.4. The van der Waals surface area contributed by atoms with Crippen LogP contribution >= 0.6 is 35.0 Å². The Labute approximate surface area is 226 Å². The first-order valence-corrected chi connectivity index (χ1v) is 13.6. The Kier molecular flexibility index (Phi) is 9.08. The molecular weight excluding hydrogens is 511 g/mol. The van der Waals surface area contributed by atoms with Crippen molar-refractivity contribution in [1.82, 2.24) is 20.1 Å². The molecule has 4 aromatic rings. The fraction of sp³-hybridized carbons (Fsp3) is 0.250. The Balaban J connectivity index is 1.39. The number of hydrogen-bond acceptors (Lipinski definition) is 4. The summed E-state index contributed by atoms with van der Waals surface area (Å²) >= 11 is 14.1. The lowest BCUT2D eigenvalue weighted by Crippen LogP contribution is -2.26. The third-order valence-corrected chi connectivity index (χ3v) is 7.57. The topological polar surface area (TPSA) is 59.8 Å². The van der Waals surface area contributed by atoms with Crippen molar-refractivity contribution in [2.75, 3.05) is 5.75 Å². The zero-order chi connectivity index (χ0) is 25.5. The van der Waals surface area contributed by atoms with E-state index in [0.29, 0.717) is 16.5 Å². The second kappa shape index (κ2) is 12.4. The smallest absolute Gasteiger partial charge is 0.220 e. The number of aryl methyl sites for hydroxylation is 1. The van der Waals surface area contributed by atoms with E-state index in [9.17, 15) is 4.79 Å². The van der Waals surface area contributed by atoms with Crippen molar-refractivity contribution in [3.63, 3.8) is 0 Å². The monoisotopic (exact) mass is 538 g/mol. The molecule has 0 saturated carbocycles. The Bertz CT molecular complexity index is 1310. The number of nitrogens with one attached hydrogen (secondary N) is 1. The molecule has 1 heterocycles. The molecule has 0 aliphatic carbocycles. The normalized spacial score (nSPS) is 11.9. The van der Waals surface area contributed by atoms with Crippen LogP contribution in [0.15, 0.2) is 78.0 Å². The molecule has 36 heavy (non-hydrogen) atoms. The molecule has 0 fully saturated rings. The van der Waals surface area contributed by atoms with Gasteiger partial charge >= 0.3 is 0 Å². The van der Waals surface area contributed by atoms with E-state index in [1.54, 1.807) is 17.8 Å². The molecule has 8 heteroatoms. The summed E-state index contributed by atoms with van der Waals surface area (Å²) in [5.74, 6) is 1.62. The zero-order valence-corrected chi connectivity index (χ0v) is 22.6. The van der Waals surface area contributed by atoms with Gasteiger partial charge in [0, 0.05) is 17.7 Å². The van der Waals surface area contributed by atoms with Crippen LogP contribution in [0.4, 0.5) is 0 Å². The second-order valence-electron chi connectivity index (χ2n) is 8.61. The number of thioether (sulfide) groups is 1. The highest BCUT2D eigenvalue weighted by molar-refractivity contribution is 7.99. The maximum atomic E-state index is 12.4. The van der Waals surface area contributed by atoms with E-state index in [1.165, 1.54) is 5.56 Å². The van der Waals surface area contributed by atoms with Crippen molar-refractivity contribution in [3.8, 4) is 17.1 Å². The molecule has 186 valence electrons. The van der Waals surface area contributed by atoms with Crippen molar-refractivity contribution in [2.45, 2.75) is 44.3 Å². The Hall–Kier alpha value is -2.80. The number of aromatic nitrogens is 3. The molecule has 5 nitrogen and oxygen atoms in total. The van der Waals surface area contributed by atoms with Gasteiger partial charge in [0.15, 0.2) is 11.0 Å². The van der Waals surface area contributed by atoms with Crippen LogP contribution in [0.5, 0.6) is 0 Å². The van der Waals surface area contributed by atoms with Gasteiger partial charge in [0.25, 0.3) is 0 Å². The molecule has 1 atom stereocenters. The molecule has 1 unspecified atom stereocenters. The molecule has 0 aliphatic heterocycles. The van der Waals surface area contributed by atoms with Gasteiger partial charge in [-0.2, -0.15) is 0 Å². The summed E-state index contributed by atoms with van der Waals surface area (Å²) in [5, 5.41) is 13.8. The van der Waals surface area contributed by atoms with Crippen LogP contribution in [0.1, 0.15) is 43.4 Å². The lowest BCUT2D eigenvalue weighted by Gasteiger charge is -2.14. The van der Waals surface area contributed by atoms with Crippen molar-refractivity contribution in [1.29, 1.82) is 0 Å². The highest BCUT2D eigenvalue weighted by atomic mass is 35.5. The number of unbranched alkanes of at least 4 members (excludes halogenated alkanes) is 1. The first-order valence-electron chi connectivity index (χ1n) is 11.9. The minimum atomic E-state index is -0.00183. The third kappa shape index (κ3) is 6.69. The van der Waals surface area contributed by atoms with Crippen molar-refractivity contribution >= 4 is 40.9 Å². The third-order valence-electron chi connectivity index (χ3n) is 5.81. The Morgan fingerprint density at radius 3 is 2.44 bits per heavy atom. The van der Waals surface area contributed by atoms with Crippen LogP contribution in [0.2, 0.25) is 10.0 Å². The van der Waals surface area contributed by atoms with Gasteiger partial charge in [0.05, 0.1) is 21.8 Å². The summed E-state index contributed by atoms with van der Waals surface area (Å²) in [6, 6.07) is 23.7. The Morgan fingerprint density at radius 1 is 0.972 bits per heavy atom. The number of hydrogen-bond donors (Lipinski definition) is 1. The van der Waals surface area contributed by atoms with Gasteiger partial charge in [-0.25, -0.2) is 0 Å². The first kappa shape index (κ1) is 26.3. The van der Waals surface area contributed by atoms with Gasteiger partial charge in [-0.15, -0.1) is 10.2 Å². The summed E-state index contributed by atoms with van der Waals surface area (Å²) in [5.41, 5.74) is 4.10. The SMILES string of the molecule is Cc1ccc(-c2nnc(SCCCCC(=O)NC(C)c3ccccc3)n2-c2ccc(Cl)c(Cl)c2)cc1. The van der Waals surface area contributed by atoms with Crippen LogP contribution in [0.3, 0.4) is 0 Å². The van der Waals surface area contributed by atoms with Crippen molar-refractivity contribution in [3.05, 3.63) is 94.0 Å². The predicted molar refractivity (Wildman–Crippen MR) is 149 cm³/mol. The summed E-state index contributed by atoms with van der Waals surface area (Å²) in [4.78, 5) is 12.4. The molecule has 1 amide bonds. The van der Waals surface area contributed by atoms with Gasteiger partial charge in [-0.1, -0.05) is 95.1 Å². The molecule has 0 bridgehead atoms. The summed E-state index contributed by atoms with van der Waals surface area (Å²) < 4.78 is 2.01. The first-order chi connectivity index (χ1) is 17.4. The standard InChI is InChI=1S/C28H28Cl2N4OS/c1-19-11-13-22(14-12-19)27-32-33-28(34(27)23-15-16-24(29)25(30)18-23)36-17-7-6-10-26(35)31-20(2)21-8-4-3-5-9-21/h3-5,8-9,11-16,18,20H,6-7,10,17H2,1-2H3,(H,31,35). The van der Waals surface area contributed by atoms with Gasteiger partial charge in [0.2, 0.25) is 5.91 Å². The lowest BCUT2D eigenvalue weighted by atomic mass is 10.1. The van der Waals surface area contributed by atoms with Crippen LogP contribution in [-0.2, 0) is 4.79 Å². The van der Waals surface area contributed by atoms with E-state index in [1.807, 2.05) is 66.1 Å². The number of halogens is 2. The van der Waals surface area contributed by atoms with Gasteiger partial charge < -0.3 is 5.32 Å². The number of benzene rings is 3. The highest BCUT2D eigenvalue weighted by Gasteiger charge is 2.17. The number of carbonyl (C=O) groups is 1. The number of carbonyl (C=O) groups excluding carboxylic acids is 1. The highest BCUT2D eigenvalue weighted by Crippen LogP contribution is 2.32. The zero-order valence-electron chi connectivity index (χ0n) is 20.2. The summed E-state index contributed by atoms with van der Waals surface area (Å²) in [6.45, 7) is 4.06. The number of nitrogens with zero attached hydrogens (tertiary/aromatic N) is 3. The van der Waals surface area contributed by atoms with E-state index in [-0.39, 0.29) is 11.9 Å². The second-order valence-corrected chi connectivity index (χ2v) is 10.5. The molecule has 0 aliphatic rings. The van der Waals surface area contributed by atoms with Crippen LogP contribution in [0.25, 0.3) is 17.1 Å².